The number of nitrogens with one attached hydrogen (secondary N) is 1. The minimum Gasteiger partial charge on any atom is -0.495 e. The van der Waals surface area contributed by atoms with E-state index in [4.69, 9.17) is 9.47 Å². The average molecular weight is 289 g/mol. The lowest BCUT2D eigenvalue weighted by Gasteiger charge is -2.08. The molecule has 0 radical (unpaired) electrons. The molecule has 0 aromatic carbocycles. The van der Waals surface area contributed by atoms with E-state index < -0.39 is 5.97 Å². The van der Waals surface area contributed by atoms with Crippen molar-refractivity contribution in [1.29, 1.82) is 0 Å². The second-order valence-electron chi connectivity index (χ2n) is 5.26. The average Bonchev–Trinajstić information content (AvgIpc) is 3.14. The summed E-state index contributed by atoms with van der Waals surface area (Å²) >= 11 is 0. The fourth-order valence-corrected chi connectivity index (χ4v) is 2.79. The zero-order valence-corrected chi connectivity index (χ0v) is 12.3. The van der Waals surface area contributed by atoms with Crippen molar-refractivity contribution in [2.45, 2.75) is 12.8 Å². The lowest BCUT2D eigenvalue weighted by atomic mass is 10.0. The first-order chi connectivity index (χ1) is 10.2. The Balaban J connectivity index is 2.05. The van der Waals surface area contributed by atoms with E-state index in [0.717, 1.165) is 43.0 Å². The molecule has 0 spiro atoms. The molecule has 2 aromatic heterocycles. The maximum Gasteiger partial charge on any atom is 0.358 e. The Kier molecular flexibility index (Phi) is 3.79. The van der Waals surface area contributed by atoms with Gasteiger partial charge in [0.15, 0.2) is 5.69 Å². The van der Waals surface area contributed by atoms with Gasteiger partial charge in [0.1, 0.15) is 11.6 Å². The number of hydrogen-bond acceptors (Lipinski definition) is 5. The number of imidazole rings is 1. The largest absolute Gasteiger partial charge is 0.495 e. The van der Waals surface area contributed by atoms with Crippen LogP contribution < -0.4 is 10.1 Å². The molecule has 0 aliphatic carbocycles. The number of methoxy groups -OCH3 is 2. The molecule has 112 valence electrons. The van der Waals surface area contributed by atoms with Crippen molar-refractivity contribution in [1.82, 2.24) is 14.7 Å². The number of aromatic nitrogens is 2. The molecule has 1 aliphatic heterocycles. The standard InChI is InChI=1S/C15H19N3O3/c1-20-11-3-4-12-14(15(19)21-2)17-13(18(12)9-11)7-10-5-6-16-8-10/h3-4,9-10,16H,5-8H2,1-2H3. The molecule has 3 rings (SSSR count). The molecule has 1 N–H and O–H groups in total. The second kappa shape index (κ2) is 5.73. The van der Waals surface area contributed by atoms with Gasteiger partial charge in [-0.3, -0.25) is 4.40 Å². The van der Waals surface area contributed by atoms with Crippen LogP contribution in [-0.4, -0.2) is 42.7 Å². The van der Waals surface area contributed by atoms with E-state index in [2.05, 4.69) is 10.3 Å². The Hall–Kier alpha value is -2.08. The van der Waals surface area contributed by atoms with Gasteiger partial charge in [-0.15, -0.1) is 0 Å². The Morgan fingerprint density at radius 1 is 1.48 bits per heavy atom. The van der Waals surface area contributed by atoms with Crippen LogP contribution in [0.25, 0.3) is 5.52 Å². The summed E-state index contributed by atoms with van der Waals surface area (Å²) in [6.45, 7) is 2.04. The van der Waals surface area contributed by atoms with Crippen molar-refractivity contribution in [3.05, 3.63) is 29.8 Å². The predicted molar refractivity (Wildman–Crippen MR) is 77.8 cm³/mol. The van der Waals surface area contributed by atoms with Gasteiger partial charge in [-0.25, -0.2) is 9.78 Å². The molecule has 6 heteroatoms. The summed E-state index contributed by atoms with van der Waals surface area (Å²) in [5.41, 5.74) is 1.12. The van der Waals surface area contributed by atoms with E-state index in [9.17, 15) is 4.79 Å². The summed E-state index contributed by atoms with van der Waals surface area (Å²) in [5, 5.41) is 3.35. The summed E-state index contributed by atoms with van der Waals surface area (Å²) in [6.07, 6.45) is 3.83. The van der Waals surface area contributed by atoms with Crippen molar-refractivity contribution >= 4 is 11.5 Å². The van der Waals surface area contributed by atoms with Crippen LogP contribution in [0.15, 0.2) is 18.3 Å². The minimum atomic E-state index is -0.409. The number of fused-ring (bicyclic) bond motifs is 1. The van der Waals surface area contributed by atoms with Gasteiger partial charge in [0.25, 0.3) is 0 Å². The molecule has 0 bridgehead atoms. The number of pyridine rings is 1. The Morgan fingerprint density at radius 2 is 2.33 bits per heavy atom. The summed E-state index contributed by atoms with van der Waals surface area (Å²) in [6, 6.07) is 3.67. The molecule has 2 aromatic rings. The predicted octanol–water partition coefficient (Wildman–Crippen LogP) is 1.28. The zero-order chi connectivity index (χ0) is 14.8. The van der Waals surface area contributed by atoms with Crippen LogP contribution in [-0.2, 0) is 11.2 Å². The highest BCUT2D eigenvalue weighted by molar-refractivity contribution is 5.95. The fraction of sp³-hybridized carbons (Fsp3) is 0.467. The maximum absolute atomic E-state index is 11.9. The third-order valence-electron chi connectivity index (χ3n) is 3.93. The molecule has 3 heterocycles. The lowest BCUT2D eigenvalue weighted by Crippen LogP contribution is -2.12. The van der Waals surface area contributed by atoms with Crippen LogP contribution >= 0.6 is 0 Å². The Morgan fingerprint density at radius 3 is 3.00 bits per heavy atom. The van der Waals surface area contributed by atoms with E-state index in [0.29, 0.717) is 11.6 Å². The van der Waals surface area contributed by atoms with Crippen molar-refractivity contribution in [2.75, 3.05) is 27.3 Å². The second-order valence-corrected chi connectivity index (χ2v) is 5.26. The first-order valence-electron chi connectivity index (χ1n) is 7.07. The smallest absolute Gasteiger partial charge is 0.358 e. The van der Waals surface area contributed by atoms with E-state index >= 15 is 0 Å². The van der Waals surface area contributed by atoms with Crippen LogP contribution in [0.1, 0.15) is 22.7 Å². The molecule has 1 atom stereocenters. The lowest BCUT2D eigenvalue weighted by molar-refractivity contribution is 0.0596. The van der Waals surface area contributed by atoms with Crippen molar-refractivity contribution in [3.63, 3.8) is 0 Å². The van der Waals surface area contributed by atoms with Crippen LogP contribution in [0.2, 0.25) is 0 Å². The van der Waals surface area contributed by atoms with Crippen LogP contribution in [0.3, 0.4) is 0 Å². The third kappa shape index (κ3) is 2.58. The van der Waals surface area contributed by atoms with Gasteiger partial charge in [-0.1, -0.05) is 0 Å². The van der Waals surface area contributed by atoms with E-state index in [1.165, 1.54) is 7.11 Å². The normalized spacial score (nSPS) is 18.1. The summed E-state index contributed by atoms with van der Waals surface area (Å²) in [7, 11) is 3.00. The molecule has 21 heavy (non-hydrogen) atoms. The van der Waals surface area contributed by atoms with Crippen molar-refractivity contribution in [3.8, 4) is 5.75 Å². The third-order valence-corrected chi connectivity index (χ3v) is 3.93. The number of esters is 1. The van der Waals surface area contributed by atoms with Crippen LogP contribution in [0.5, 0.6) is 5.75 Å². The monoisotopic (exact) mass is 289 g/mol. The number of rotatable bonds is 4. The maximum atomic E-state index is 11.9. The topological polar surface area (TPSA) is 64.9 Å². The highest BCUT2D eigenvalue weighted by atomic mass is 16.5. The molecule has 0 saturated carbocycles. The highest BCUT2D eigenvalue weighted by Crippen LogP contribution is 2.22. The first-order valence-corrected chi connectivity index (χ1v) is 7.07. The Labute approximate surface area is 123 Å². The fourth-order valence-electron chi connectivity index (χ4n) is 2.79. The van der Waals surface area contributed by atoms with Crippen LogP contribution in [0, 0.1) is 5.92 Å². The minimum absolute atomic E-state index is 0.362. The summed E-state index contributed by atoms with van der Waals surface area (Å²) in [4.78, 5) is 16.4. The molecule has 1 unspecified atom stereocenters. The Bertz CT molecular complexity index is 659. The van der Waals surface area contributed by atoms with Gasteiger partial charge in [0, 0.05) is 6.42 Å². The van der Waals surface area contributed by atoms with Gasteiger partial charge in [-0.2, -0.15) is 0 Å². The molecule has 1 aliphatic rings. The van der Waals surface area contributed by atoms with Crippen LogP contribution in [0.4, 0.5) is 0 Å². The SMILES string of the molecule is COC(=O)c1nc(CC2CCNC2)n2cc(OC)ccc12. The number of ether oxygens (including phenoxy) is 2. The molecular formula is C15H19N3O3. The molecule has 1 fully saturated rings. The van der Waals surface area contributed by atoms with E-state index in [1.54, 1.807) is 7.11 Å². The number of carbonyl (C=O) groups excluding carboxylic acids is 1. The number of carbonyl (C=O) groups is 1. The molecule has 0 amide bonds. The van der Waals surface area contributed by atoms with Gasteiger partial charge in [0.2, 0.25) is 0 Å². The zero-order valence-electron chi connectivity index (χ0n) is 12.3. The quantitative estimate of drug-likeness (QED) is 0.859. The van der Waals surface area contributed by atoms with E-state index in [-0.39, 0.29) is 0 Å². The van der Waals surface area contributed by atoms with Gasteiger partial charge < -0.3 is 14.8 Å². The summed E-state index contributed by atoms with van der Waals surface area (Å²) < 4.78 is 12.0. The molecule has 1 saturated heterocycles. The summed E-state index contributed by atoms with van der Waals surface area (Å²) in [5.74, 6) is 1.75. The van der Waals surface area contributed by atoms with Crippen molar-refractivity contribution < 1.29 is 14.3 Å². The van der Waals surface area contributed by atoms with E-state index in [1.807, 2.05) is 22.7 Å². The molecule has 6 nitrogen and oxygen atoms in total. The molecular weight excluding hydrogens is 270 g/mol. The van der Waals surface area contributed by atoms with Gasteiger partial charge in [-0.05, 0) is 37.6 Å². The van der Waals surface area contributed by atoms with Gasteiger partial charge >= 0.3 is 5.97 Å². The first kappa shape index (κ1) is 13.9. The van der Waals surface area contributed by atoms with Crippen molar-refractivity contribution in [2.24, 2.45) is 5.92 Å². The number of nitrogens with zero attached hydrogens (tertiary/aromatic N) is 2. The highest BCUT2D eigenvalue weighted by Gasteiger charge is 2.22. The van der Waals surface area contributed by atoms with Gasteiger partial charge in [0.05, 0.1) is 25.9 Å². The number of hydrogen-bond donors (Lipinski definition) is 1.